The molecule has 1 aromatic carbocycles. The summed E-state index contributed by atoms with van der Waals surface area (Å²) in [4.78, 5) is 0. The van der Waals surface area contributed by atoms with Crippen molar-refractivity contribution in [2.75, 3.05) is 19.8 Å². The summed E-state index contributed by atoms with van der Waals surface area (Å²) >= 11 is 0. The second-order valence-corrected chi connectivity index (χ2v) is 5.09. The molecular weight excluding hydrogens is 226 g/mol. The number of ether oxygens (including phenoxy) is 1. The third-order valence-electron chi connectivity index (χ3n) is 3.73. The maximum absolute atomic E-state index is 9.55. The predicted octanol–water partition coefficient (Wildman–Crippen LogP) is 2.35. The summed E-state index contributed by atoms with van der Waals surface area (Å²) < 4.78 is 5.64. The van der Waals surface area contributed by atoms with Gasteiger partial charge in [0, 0.05) is 12.1 Å². The number of rotatable bonds is 6. The molecular formula is C15H23NO2. The Morgan fingerprint density at radius 3 is 2.50 bits per heavy atom. The van der Waals surface area contributed by atoms with Crippen molar-refractivity contribution in [2.45, 2.75) is 37.6 Å². The highest BCUT2D eigenvalue weighted by Crippen LogP contribution is 2.27. The summed E-state index contributed by atoms with van der Waals surface area (Å²) in [5, 5.41) is 13.0. The van der Waals surface area contributed by atoms with Crippen LogP contribution in [0.3, 0.4) is 0 Å². The van der Waals surface area contributed by atoms with Gasteiger partial charge in [-0.1, -0.05) is 37.5 Å². The zero-order valence-corrected chi connectivity index (χ0v) is 10.9. The predicted molar refractivity (Wildman–Crippen MR) is 72.8 cm³/mol. The summed E-state index contributed by atoms with van der Waals surface area (Å²) in [6.45, 7) is 1.67. The van der Waals surface area contributed by atoms with E-state index in [1.807, 2.05) is 30.3 Å². The van der Waals surface area contributed by atoms with E-state index < -0.39 is 0 Å². The average Bonchev–Trinajstić information content (AvgIpc) is 2.46. The number of para-hydroxylation sites is 1. The minimum Gasteiger partial charge on any atom is -0.492 e. The lowest BCUT2D eigenvalue weighted by Gasteiger charge is -2.36. The van der Waals surface area contributed by atoms with Crippen LogP contribution < -0.4 is 10.1 Å². The molecule has 2 rings (SSSR count). The van der Waals surface area contributed by atoms with E-state index in [4.69, 9.17) is 4.74 Å². The average molecular weight is 249 g/mol. The van der Waals surface area contributed by atoms with Gasteiger partial charge >= 0.3 is 0 Å². The zero-order valence-electron chi connectivity index (χ0n) is 10.9. The van der Waals surface area contributed by atoms with Crippen molar-refractivity contribution in [1.82, 2.24) is 5.32 Å². The van der Waals surface area contributed by atoms with Crippen LogP contribution in [0.4, 0.5) is 0 Å². The van der Waals surface area contributed by atoms with Crippen LogP contribution in [0.1, 0.15) is 32.1 Å². The molecule has 18 heavy (non-hydrogen) atoms. The largest absolute Gasteiger partial charge is 0.492 e. The van der Waals surface area contributed by atoms with Crippen LogP contribution in [0, 0.1) is 0 Å². The van der Waals surface area contributed by atoms with Crippen LogP contribution in [0.5, 0.6) is 5.75 Å². The van der Waals surface area contributed by atoms with Gasteiger partial charge < -0.3 is 15.2 Å². The molecule has 0 atom stereocenters. The number of aliphatic hydroxyl groups is 1. The zero-order chi connectivity index (χ0) is 12.7. The van der Waals surface area contributed by atoms with E-state index in [-0.39, 0.29) is 12.1 Å². The van der Waals surface area contributed by atoms with Crippen molar-refractivity contribution in [3.63, 3.8) is 0 Å². The summed E-state index contributed by atoms with van der Waals surface area (Å²) in [5.41, 5.74) is -0.0572. The third kappa shape index (κ3) is 3.72. The lowest BCUT2D eigenvalue weighted by Crippen LogP contribution is -2.51. The summed E-state index contributed by atoms with van der Waals surface area (Å²) in [5.74, 6) is 0.904. The highest BCUT2D eigenvalue weighted by atomic mass is 16.5. The second-order valence-electron chi connectivity index (χ2n) is 5.09. The second kappa shape index (κ2) is 6.76. The topological polar surface area (TPSA) is 41.5 Å². The van der Waals surface area contributed by atoms with Gasteiger partial charge in [-0.2, -0.15) is 0 Å². The fourth-order valence-electron chi connectivity index (χ4n) is 2.62. The van der Waals surface area contributed by atoms with Crippen molar-refractivity contribution in [3.8, 4) is 5.75 Å². The Bertz CT molecular complexity index is 334. The fraction of sp³-hybridized carbons (Fsp3) is 0.600. The van der Waals surface area contributed by atoms with E-state index in [0.29, 0.717) is 6.61 Å². The first-order chi connectivity index (χ1) is 8.85. The minimum absolute atomic E-state index is 0.0572. The van der Waals surface area contributed by atoms with Gasteiger partial charge in [-0.15, -0.1) is 0 Å². The molecule has 1 aromatic rings. The first kappa shape index (κ1) is 13.4. The quantitative estimate of drug-likeness (QED) is 0.760. The molecule has 0 bridgehead atoms. The molecule has 1 aliphatic rings. The van der Waals surface area contributed by atoms with Gasteiger partial charge in [-0.3, -0.25) is 0 Å². The molecule has 0 unspecified atom stereocenters. The molecule has 2 N–H and O–H groups in total. The van der Waals surface area contributed by atoms with E-state index in [1.54, 1.807) is 0 Å². The van der Waals surface area contributed by atoms with Crippen molar-refractivity contribution in [2.24, 2.45) is 0 Å². The monoisotopic (exact) mass is 249 g/mol. The van der Waals surface area contributed by atoms with Crippen LogP contribution in [0.15, 0.2) is 30.3 Å². The maximum Gasteiger partial charge on any atom is 0.119 e. The first-order valence-corrected chi connectivity index (χ1v) is 6.88. The van der Waals surface area contributed by atoms with Gasteiger partial charge in [0.15, 0.2) is 0 Å². The fourth-order valence-corrected chi connectivity index (χ4v) is 2.62. The highest BCUT2D eigenvalue weighted by molar-refractivity contribution is 5.20. The number of hydrogen-bond acceptors (Lipinski definition) is 3. The van der Waals surface area contributed by atoms with Gasteiger partial charge in [0.25, 0.3) is 0 Å². The Hall–Kier alpha value is -1.06. The van der Waals surface area contributed by atoms with Gasteiger partial charge in [-0.25, -0.2) is 0 Å². The summed E-state index contributed by atoms with van der Waals surface area (Å²) in [7, 11) is 0. The Morgan fingerprint density at radius 1 is 1.11 bits per heavy atom. The van der Waals surface area contributed by atoms with E-state index in [1.165, 1.54) is 19.3 Å². The number of hydrogen-bond donors (Lipinski definition) is 2. The molecule has 0 aromatic heterocycles. The first-order valence-electron chi connectivity index (χ1n) is 6.88. The van der Waals surface area contributed by atoms with Crippen molar-refractivity contribution >= 4 is 0 Å². The molecule has 0 spiro atoms. The van der Waals surface area contributed by atoms with E-state index in [2.05, 4.69) is 5.32 Å². The molecule has 0 amide bonds. The lowest BCUT2D eigenvalue weighted by atomic mass is 9.82. The molecule has 1 aliphatic carbocycles. The van der Waals surface area contributed by atoms with Crippen LogP contribution in [0.2, 0.25) is 0 Å². The standard InChI is InChI=1S/C15H23NO2/c17-13-15(9-5-2-6-10-15)16-11-12-18-14-7-3-1-4-8-14/h1,3-4,7-8,16-17H,2,5-6,9-13H2. The molecule has 3 nitrogen and oxygen atoms in total. The molecule has 3 heteroatoms. The van der Waals surface area contributed by atoms with Gasteiger partial charge in [0.1, 0.15) is 12.4 Å². The van der Waals surface area contributed by atoms with E-state index in [9.17, 15) is 5.11 Å². The summed E-state index contributed by atoms with van der Waals surface area (Å²) in [6.07, 6.45) is 5.88. The van der Waals surface area contributed by atoms with Crippen LogP contribution in [0.25, 0.3) is 0 Å². The molecule has 0 radical (unpaired) electrons. The van der Waals surface area contributed by atoms with Gasteiger partial charge in [0.05, 0.1) is 6.61 Å². The van der Waals surface area contributed by atoms with Crippen molar-refractivity contribution < 1.29 is 9.84 Å². The van der Waals surface area contributed by atoms with Crippen LogP contribution in [-0.4, -0.2) is 30.4 Å². The molecule has 0 heterocycles. The number of aliphatic hydroxyl groups excluding tert-OH is 1. The molecule has 0 aliphatic heterocycles. The number of benzene rings is 1. The van der Waals surface area contributed by atoms with Crippen molar-refractivity contribution in [1.29, 1.82) is 0 Å². The highest BCUT2D eigenvalue weighted by Gasteiger charge is 2.30. The van der Waals surface area contributed by atoms with E-state index >= 15 is 0 Å². The van der Waals surface area contributed by atoms with Crippen LogP contribution in [-0.2, 0) is 0 Å². The Kier molecular flexibility index (Phi) is 5.02. The Balaban J connectivity index is 1.71. The molecule has 1 saturated carbocycles. The van der Waals surface area contributed by atoms with Crippen LogP contribution >= 0.6 is 0 Å². The Labute approximate surface area is 109 Å². The third-order valence-corrected chi connectivity index (χ3v) is 3.73. The number of nitrogens with one attached hydrogen (secondary N) is 1. The summed E-state index contributed by atoms with van der Waals surface area (Å²) in [6, 6.07) is 9.84. The molecule has 1 fully saturated rings. The van der Waals surface area contributed by atoms with Gasteiger partial charge in [-0.05, 0) is 25.0 Å². The molecule has 100 valence electrons. The Morgan fingerprint density at radius 2 is 1.83 bits per heavy atom. The maximum atomic E-state index is 9.55. The van der Waals surface area contributed by atoms with Gasteiger partial charge in [0.2, 0.25) is 0 Å². The minimum atomic E-state index is -0.0572. The van der Waals surface area contributed by atoms with Crippen molar-refractivity contribution in [3.05, 3.63) is 30.3 Å². The van der Waals surface area contributed by atoms with E-state index in [0.717, 1.165) is 25.1 Å². The normalized spacial score (nSPS) is 18.5. The lowest BCUT2D eigenvalue weighted by molar-refractivity contribution is 0.116. The SMILES string of the molecule is OCC1(NCCOc2ccccc2)CCCCC1. The molecule has 0 saturated heterocycles. The smallest absolute Gasteiger partial charge is 0.119 e.